The molecule has 1 aromatic rings. The van der Waals surface area contributed by atoms with Crippen molar-refractivity contribution in [3.8, 4) is 5.75 Å². The van der Waals surface area contributed by atoms with Crippen molar-refractivity contribution in [3.63, 3.8) is 0 Å². The Hall–Kier alpha value is -1.51. The smallest absolute Gasteiger partial charge is 0.313 e. The first-order valence-corrected chi connectivity index (χ1v) is 5.51. The van der Waals surface area contributed by atoms with Crippen molar-refractivity contribution in [3.05, 3.63) is 29.8 Å². The molecule has 3 heteroatoms. The minimum absolute atomic E-state index is 0.170. The summed E-state index contributed by atoms with van der Waals surface area (Å²) in [6.45, 7) is 6.15. The van der Waals surface area contributed by atoms with E-state index < -0.39 is 0 Å². The lowest BCUT2D eigenvalue weighted by Gasteiger charge is -2.19. The van der Waals surface area contributed by atoms with Gasteiger partial charge in [-0.1, -0.05) is 26.0 Å². The second-order valence-electron chi connectivity index (χ2n) is 4.07. The number of rotatable bonds is 4. The predicted octanol–water partition coefficient (Wildman–Crippen LogP) is 2.69. The highest BCUT2D eigenvalue weighted by molar-refractivity contribution is 5.78. The van der Waals surface area contributed by atoms with Gasteiger partial charge in [-0.15, -0.1) is 0 Å². The van der Waals surface area contributed by atoms with Gasteiger partial charge < -0.3 is 9.84 Å². The summed E-state index contributed by atoms with van der Waals surface area (Å²) in [6, 6.07) is 6.70. The quantitative estimate of drug-likeness (QED) is 0.797. The number of phenolic OH excluding ortho intramolecular Hbond substituents is 1. The molecule has 1 rings (SSSR count). The molecule has 0 aliphatic rings. The van der Waals surface area contributed by atoms with E-state index in [9.17, 15) is 9.90 Å². The number of phenols is 1. The van der Waals surface area contributed by atoms with E-state index in [0.717, 1.165) is 5.56 Å². The van der Waals surface area contributed by atoms with Crippen LogP contribution in [0.25, 0.3) is 0 Å². The van der Waals surface area contributed by atoms with Crippen molar-refractivity contribution in [2.45, 2.75) is 26.7 Å². The van der Waals surface area contributed by atoms with E-state index >= 15 is 0 Å². The van der Waals surface area contributed by atoms with Crippen LogP contribution in [-0.4, -0.2) is 17.7 Å². The third-order valence-electron chi connectivity index (χ3n) is 2.46. The molecule has 3 nitrogen and oxygen atoms in total. The van der Waals surface area contributed by atoms with Gasteiger partial charge in [0.15, 0.2) is 0 Å². The van der Waals surface area contributed by atoms with Crippen LogP contribution in [0.2, 0.25) is 0 Å². The van der Waals surface area contributed by atoms with Crippen LogP contribution in [0.3, 0.4) is 0 Å². The fraction of sp³-hybridized carbons (Fsp3) is 0.462. The monoisotopic (exact) mass is 222 g/mol. The standard InChI is InChI=1S/C13H18O3/c1-4-16-13(15)12(9(2)3)10-5-7-11(14)8-6-10/h5-9,12,14H,4H2,1-3H3. The van der Waals surface area contributed by atoms with E-state index in [4.69, 9.17) is 4.74 Å². The molecule has 0 fully saturated rings. The van der Waals surface area contributed by atoms with Gasteiger partial charge in [0.25, 0.3) is 0 Å². The van der Waals surface area contributed by atoms with Gasteiger partial charge in [-0.25, -0.2) is 0 Å². The van der Waals surface area contributed by atoms with Gasteiger partial charge in [-0.05, 0) is 30.5 Å². The van der Waals surface area contributed by atoms with E-state index in [1.54, 1.807) is 31.2 Å². The largest absolute Gasteiger partial charge is 0.508 e. The maximum absolute atomic E-state index is 11.8. The summed E-state index contributed by atoms with van der Waals surface area (Å²) in [6.07, 6.45) is 0. The maximum Gasteiger partial charge on any atom is 0.313 e. The first-order valence-electron chi connectivity index (χ1n) is 5.51. The highest BCUT2D eigenvalue weighted by Crippen LogP contribution is 2.27. The van der Waals surface area contributed by atoms with Crippen LogP contribution in [0.1, 0.15) is 32.3 Å². The van der Waals surface area contributed by atoms with Crippen LogP contribution in [0.15, 0.2) is 24.3 Å². The fourth-order valence-corrected chi connectivity index (χ4v) is 1.71. The normalized spacial score (nSPS) is 12.5. The number of hydrogen-bond acceptors (Lipinski definition) is 3. The molecule has 88 valence electrons. The summed E-state index contributed by atoms with van der Waals surface area (Å²) in [7, 11) is 0. The van der Waals surface area contributed by atoms with E-state index in [2.05, 4.69) is 0 Å². The predicted molar refractivity (Wildman–Crippen MR) is 62.3 cm³/mol. The minimum atomic E-state index is -0.263. The Bertz CT molecular complexity index is 341. The highest BCUT2D eigenvalue weighted by atomic mass is 16.5. The van der Waals surface area contributed by atoms with Crippen LogP contribution in [0.4, 0.5) is 0 Å². The molecule has 1 atom stereocenters. The topological polar surface area (TPSA) is 46.5 Å². The van der Waals surface area contributed by atoms with Gasteiger partial charge in [0.05, 0.1) is 12.5 Å². The number of esters is 1. The highest BCUT2D eigenvalue weighted by Gasteiger charge is 2.25. The summed E-state index contributed by atoms with van der Waals surface area (Å²) in [5.74, 6) is -0.0950. The Kier molecular flexibility index (Phi) is 4.35. The molecule has 1 N–H and O–H groups in total. The molecular formula is C13H18O3. The Balaban J connectivity index is 2.93. The molecule has 0 spiro atoms. The van der Waals surface area contributed by atoms with E-state index in [1.165, 1.54) is 0 Å². The van der Waals surface area contributed by atoms with Gasteiger partial charge in [-0.2, -0.15) is 0 Å². The van der Waals surface area contributed by atoms with Gasteiger partial charge in [0.1, 0.15) is 5.75 Å². The van der Waals surface area contributed by atoms with Crippen molar-refractivity contribution in [1.82, 2.24) is 0 Å². The summed E-state index contributed by atoms with van der Waals surface area (Å²) in [5, 5.41) is 9.20. The van der Waals surface area contributed by atoms with Gasteiger partial charge in [-0.3, -0.25) is 4.79 Å². The Labute approximate surface area is 96.1 Å². The second-order valence-corrected chi connectivity index (χ2v) is 4.07. The lowest BCUT2D eigenvalue weighted by Crippen LogP contribution is -2.20. The van der Waals surface area contributed by atoms with Crippen LogP contribution < -0.4 is 0 Å². The molecule has 0 saturated heterocycles. The molecule has 0 radical (unpaired) electrons. The number of hydrogen-bond donors (Lipinski definition) is 1. The molecule has 0 aliphatic heterocycles. The second kappa shape index (κ2) is 5.54. The molecule has 0 bridgehead atoms. The zero-order valence-electron chi connectivity index (χ0n) is 9.93. The maximum atomic E-state index is 11.8. The van der Waals surface area contributed by atoms with Crippen molar-refractivity contribution in [2.24, 2.45) is 5.92 Å². The molecule has 0 aromatic heterocycles. The van der Waals surface area contributed by atoms with E-state index in [0.29, 0.717) is 6.61 Å². The number of aromatic hydroxyl groups is 1. The fourth-order valence-electron chi connectivity index (χ4n) is 1.71. The van der Waals surface area contributed by atoms with Gasteiger partial charge in [0, 0.05) is 0 Å². The SMILES string of the molecule is CCOC(=O)C(c1ccc(O)cc1)C(C)C. The first kappa shape index (κ1) is 12.6. The lowest BCUT2D eigenvalue weighted by atomic mass is 9.88. The molecule has 0 heterocycles. The molecule has 1 unspecified atom stereocenters. The Morgan fingerprint density at radius 1 is 1.31 bits per heavy atom. The van der Waals surface area contributed by atoms with Crippen molar-refractivity contribution < 1.29 is 14.6 Å². The molecule has 16 heavy (non-hydrogen) atoms. The zero-order valence-corrected chi connectivity index (χ0v) is 9.93. The van der Waals surface area contributed by atoms with Crippen LogP contribution >= 0.6 is 0 Å². The van der Waals surface area contributed by atoms with E-state index in [1.807, 2.05) is 13.8 Å². The molecule has 0 aliphatic carbocycles. The number of carbonyl (C=O) groups excluding carboxylic acids is 1. The van der Waals surface area contributed by atoms with Crippen molar-refractivity contribution in [2.75, 3.05) is 6.61 Å². The summed E-state index contributed by atoms with van der Waals surface area (Å²) >= 11 is 0. The average Bonchev–Trinajstić information content (AvgIpc) is 2.21. The summed E-state index contributed by atoms with van der Waals surface area (Å²) in [4.78, 5) is 11.8. The number of carbonyl (C=O) groups is 1. The van der Waals surface area contributed by atoms with Crippen LogP contribution in [0, 0.1) is 5.92 Å². The van der Waals surface area contributed by atoms with Crippen LogP contribution in [0.5, 0.6) is 5.75 Å². The third kappa shape index (κ3) is 2.99. The van der Waals surface area contributed by atoms with Crippen LogP contribution in [-0.2, 0) is 9.53 Å². The molecule has 0 saturated carbocycles. The van der Waals surface area contributed by atoms with Crippen molar-refractivity contribution in [1.29, 1.82) is 0 Å². The Morgan fingerprint density at radius 3 is 2.31 bits per heavy atom. The molecular weight excluding hydrogens is 204 g/mol. The summed E-state index contributed by atoms with van der Waals surface area (Å²) in [5.41, 5.74) is 0.881. The van der Waals surface area contributed by atoms with Gasteiger partial charge in [0.2, 0.25) is 0 Å². The van der Waals surface area contributed by atoms with E-state index in [-0.39, 0.29) is 23.6 Å². The van der Waals surface area contributed by atoms with Crippen molar-refractivity contribution >= 4 is 5.97 Å². The average molecular weight is 222 g/mol. The van der Waals surface area contributed by atoms with Gasteiger partial charge >= 0.3 is 5.97 Å². The Morgan fingerprint density at radius 2 is 1.88 bits per heavy atom. The number of ether oxygens (including phenoxy) is 1. The zero-order chi connectivity index (χ0) is 12.1. The molecule has 0 amide bonds. The first-order chi connectivity index (χ1) is 7.56. The third-order valence-corrected chi connectivity index (χ3v) is 2.46. The molecule has 1 aromatic carbocycles. The summed E-state index contributed by atoms with van der Waals surface area (Å²) < 4.78 is 5.05. The minimum Gasteiger partial charge on any atom is -0.508 e. The lowest BCUT2D eigenvalue weighted by molar-refractivity contribution is -0.146. The number of benzene rings is 1.